The number of nitrogens with zero attached hydrogens (tertiary/aromatic N) is 3. The number of anilines is 2. The second-order valence-electron chi connectivity index (χ2n) is 10.9. The van der Waals surface area contributed by atoms with Gasteiger partial charge in [-0.25, -0.2) is 4.98 Å². The summed E-state index contributed by atoms with van der Waals surface area (Å²) < 4.78 is 11.3. The van der Waals surface area contributed by atoms with E-state index < -0.39 is 5.91 Å². The third-order valence-electron chi connectivity index (χ3n) is 8.27. The number of aromatic nitrogens is 1. The number of carbonyl (C=O) groups excluding carboxylic acids is 4. The molecule has 12 nitrogen and oxygen atoms in total. The van der Waals surface area contributed by atoms with E-state index in [1.165, 1.54) is 6.20 Å². The van der Waals surface area contributed by atoms with Gasteiger partial charge in [0.25, 0.3) is 11.8 Å². The Labute approximate surface area is 253 Å². The minimum Gasteiger partial charge on any atom is -0.449 e. The molecule has 0 radical (unpaired) electrons. The molecule has 0 spiro atoms. The number of rotatable bonds is 6. The zero-order valence-corrected chi connectivity index (χ0v) is 24.3. The summed E-state index contributed by atoms with van der Waals surface area (Å²) in [6.07, 6.45) is 5.67. The van der Waals surface area contributed by atoms with E-state index in [-0.39, 0.29) is 52.4 Å². The molecule has 1 aliphatic carbocycles. The number of nitrogens with one attached hydrogen (secondary N) is 2. The average molecular weight is 612 g/mol. The predicted molar refractivity (Wildman–Crippen MR) is 159 cm³/mol. The first-order valence-electron chi connectivity index (χ1n) is 14.3. The van der Waals surface area contributed by atoms with Gasteiger partial charge in [0.2, 0.25) is 17.6 Å². The fourth-order valence-electron chi connectivity index (χ4n) is 6.02. The highest BCUT2D eigenvalue weighted by Gasteiger charge is 2.34. The highest BCUT2D eigenvalue weighted by atomic mass is 35.5. The van der Waals surface area contributed by atoms with Crippen LogP contribution in [-0.4, -0.2) is 82.8 Å². The molecule has 13 heteroatoms. The third-order valence-corrected chi connectivity index (χ3v) is 8.50. The van der Waals surface area contributed by atoms with E-state index in [9.17, 15) is 19.2 Å². The minimum atomic E-state index is -0.603. The van der Waals surface area contributed by atoms with E-state index in [2.05, 4.69) is 15.6 Å². The molecular formula is C30H34ClN5O7. The lowest BCUT2D eigenvalue weighted by Gasteiger charge is -2.34. The number of pyridine rings is 1. The van der Waals surface area contributed by atoms with Crippen molar-refractivity contribution in [3.05, 3.63) is 52.9 Å². The molecule has 0 atom stereocenters. The van der Waals surface area contributed by atoms with Crippen LogP contribution in [0.2, 0.25) is 5.02 Å². The van der Waals surface area contributed by atoms with Crippen molar-refractivity contribution in [2.24, 2.45) is 5.92 Å². The topological polar surface area (TPSA) is 166 Å². The number of benzene rings is 1. The molecule has 6 rings (SSSR count). The third kappa shape index (κ3) is 6.51. The number of fused-ring (bicyclic) bond motifs is 1. The Kier molecular flexibility index (Phi) is 9.28. The summed E-state index contributed by atoms with van der Waals surface area (Å²) in [6, 6.07) is 8.26. The Balaban J connectivity index is 0.00000368. The van der Waals surface area contributed by atoms with Crippen LogP contribution in [0.1, 0.15) is 59.4 Å². The van der Waals surface area contributed by atoms with Crippen molar-refractivity contribution < 1.29 is 33.8 Å². The molecule has 3 aliphatic rings. The molecule has 2 aromatic heterocycles. The van der Waals surface area contributed by atoms with E-state index in [0.29, 0.717) is 67.1 Å². The van der Waals surface area contributed by atoms with Crippen LogP contribution in [0.3, 0.4) is 0 Å². The number of morpholine rings is 1. The van der Waals surface area contributed by atoms with E-state index in [4.69, 9.17) is 20.8 Å². The number of furan rings is 1. The smallest absolute Gasteiger partial charge is 0.294 e. The molecule has 1 aromatic carbocycles. The van der Waals surface area contributed by atoms with E-state index in [0.717, 1.165) is 25.8 Å². The van der Waals surface area contributed by atoms with Crippen molar-refractivity contribution in [1.82, 2.24) is 14.8 Å². The van der Waals surface area contributed by atoms with Gasteiger partial charge in [-0.05, 0) is 62.4 Å². The van der Waals surface area contributed by atoms with Crippen molar-refractivity contribution in [3.63, 3.8) is 0 Å². The molecular weight excluding hydrogens is 578 g/mol. The predicted octanol–water partition coefficient (Wildman–Crippen LogP) is 3.50. The fourth-order valence-corrected chi connectivity index (χ4v) is 6.13. The van der Waals surface area contributed by atoms with Crippen LogP contribution in [-0.2, 0) is 14.3 Å². The van der Waals surface area contributed by atoms with Gasteiger partial charge in [-0.3, -0.25) is 19.2 Å². The number of amides is 4. The van der Waals surface area contributed by atoms with Crippen molar-refractivity contribution in [2.45, 2.75) is 44.6 Å². The highest BCUT2D eigenvalue weighted by molar-refractivity contribution is 6.30. The Hall–Kier alpha value is -4.00. The summed E-state index contributed by atoms with van der Waals surface area (Å²) in [7, 11) is 0. The van der Waals surface area contributed by atoms with Gasteiger partial charge >= 0.3 is 0 Å². The van der Waals surface area contributed by atoms with Gasteiger partial charge < -0.3 is 35.1 Å². The normalized spacial score (nSPS) is 20.5. The molecule has 3 aromatic rings. The summed E-state index contributed by atoms with van der Waals surface area (Å²) in [6.45, 7) is 2.70. The molecule has 228 valence electrons. The average Bonchev–Trinajstić information content (AvgIpc) is 3.61. The fraction of sp³-hybridized carbons (Fsp3) is 0.433. The Morgan fingerprint density at radius 2 is 1.74 bits per heavy atom. The quantitative estimate of drug-likeness (QED) is 0.430. The van der Waals surface area contributed by atoms with Gasteiger partial charge in [0.1, 0.15) is 17.1 Å². The number of hydrogen-bond donors (Lipinski definition) is 2. The lowest BCUT2D eigenvalue weighted by Crippen LogP contribution is -2.40. The first-order valence-corrected chi connectivity index (χ1v) is 14.7. The molecule has 2 saturated heterocycles. The number of hydrogen-bond acceptors (Lipinski definition) is 7. The van der Waals surface area contributed by atoms with E-state index in [1.807, 2.05) is 4.90 Å². The highest BCUT2D eigenvalue weighted by Crippen LogP contribution is 2.35. The van der Waals surface area contributed by atoms with Crippen molar-refractivity contribution >= 4 is 57.7 Å². The van der Waals surface area contributed by atoms with Gasteiger partial charge in [-0.2, -0.15) is 0 Å². The van der Waals surface area contributed by atoms with Crippen LogP contribution in [0.25, 0.3) is 11.0 Å². The Bertz CT molecular complexity index is 1510. The first kappa shape index (κ1) is 30.5. The molecule has 2 aliphatic heterocycles. The molecule has 43 heavy (non-hydrogen) atoms. The maximum absolute atomic E-state index is 13.6. The second-order valence-corrected chi connectivity index (χ2v) is 11.4. The summed E-state index contributed by atoms with van der Waals surface area (Å²) in [5.74, 6) is -0.912. The molecule has 4 N–H and O–H groups in total. The van der Waals surface area contributed by atoms with Crippen LogP contribution in [0, 0.1) is 5.92 Å². The Morgan fingerprint density at radius 1 is 0.977 bits per heavy atom. The molecule has 1 saturated carbocycles. The van der Waals surface area contributed by atoms with Crippen molar-refractivity contribution in [2.75, 3.05) is 43.5 Å². The maximum atomic E-state index is 13.6. The number of likely N-dealkylation sites (tertiary alicyclic amines) is 1. The Morgan fingerprint density at radius 3 is 2.42 bits per heavy atom. The summed E-state index contributed by atoms with van der Waals surface area (Å²) in [5, 5.41) is 6.52. The van der Waals surface area contributed by atoms with Crippen LogP contribution < -0.4 is 10.6 Å². The first-order chi connectivity index (χ1) is 20.4. The van der Waals surface area contributed by atoms with E-state index in [1.54, 1.807) is 35.2 Å². The molecule has 4 amide bonds. The van der Waals surface area contributed by atoms with Crippen molar-refractivity contribution in [1.29, 1.82) is 0 Å². The van der Waals surface area contributed by atoms with Crippen LogP contribution in [0.15, 0.2) is 40.9 Å². The lowest BCUT2D eigenvalue weighted by molar-refractivity contribution is -0.130. The number of carbonyl (C=O) groups is 4. The SMILES string of the molecule is O.O=C(Nc1ccc(Cl)cn1)c1oc2ccc(C(=O)N3CCOCC3)cc2c1NC(=O)[C@H]1CC[C@H](N2CCCC2=O)CC1. The molecule has 0 unspecified atom stereocenters. The monoisotopic (exact) mass is 611 g/mol. The van der Waals surface area contributed by atoms with Gasteiger partial charge in [0.15, 0.2) is 0 Å². The molecule has 3 fully saturated rings. The van der Waals surface area contributed by atoms with Gasteiger partial charge in [-0.1, -0.05) is 11.6 Å². The standard InChI is InChI=1S/C30H32ClN5O6.H2O/c31-20-6-10-24(32-17-20)33-29(39)27-26(34-28(38)18-3-7-21(8-4-18)36-11-1-2-25(36)37)22-16-19(5-9-23(22)42-27)30(40)35-12-14-41-15-13-35;/h5-6,9-10,16-18,21H,1-4,7-8,11-15H2,(H,34,38)(H,32,33,39);1H2/t18-,21-;. The maximum Gasteiger partial charge on any atom is 0.294 e. The zero-order valence-electron chi connectivity index (χ0n) is 23.6. The second kappa shape index (κ2) is 13.1. The zero-order chi connectivity index (χ0) is 29.2. The summed E-state index contributed by atoms with van der Waals surface area (Å²) in [4.78, 5) is 60.1. The van der Waals surface area contributed by atoms with Gasteiger partial charge in [0, 0.05) is 55.2 Å². The van der Waals surface area contributed by atoms with Crippen molar-refractivity contribution in [3.8, 4) is 0 Å². The number of ether oxygens (including phenoxy) is 1. The lowest BCUT2D eigenvalue weighted by atomic mass is 9.84. The van der Waals surface area contributed by atoms with Gasteiger partial charge in [0.05, 0.1) is 18.2 Å². The summed E-state index contributed by atoms with van der Waals surface area (Å²) in [5.41, 5.74) is 0.979. The van der Waals surface area contributed by atoms with Gasteiger partial charge in [-0.15, -0.1) is 0 Å². The van der Waals surface area contributed by atoms with Crippen LogP contribution in [0.4, 0.5) is 11.5 Å². The minimum absolute atomic E-state index is 0. The summed E-state index contributed by atoms with van der Waals surface area (Å²) >= 11 is 5.93. The largest absolute Gasteiger partial charge is 0.449 e. The van der Waals surface area contributed by atoms with E-state index >= 15 is 0 Å². The molecule has 0 bridgehead atoms. The number of halogens is 1. The molecule has 4 heterocycles. The van der Waals surface area contributed by atoms with Crippen LogP contribution >= 0.6 is 11.6 Å². The van der Waals surface area contributed by atoms with Crippen LogP contribution in [0.5, 0.6) is 0 Å².